The van der Waals surface area contributed by atoms with Gasteiger partial charge in [-0.25, -0.2) is 4.98 Å². The molecule has 1 N–H and O–H groups in total. The van der Waals surface area contributed by atoms with Gasteiger partial charge in [0, 0.05) is 11.6 Å². The maximum atomic E-state index is 9.50. The van der Waals surface area contributed by atoms with E-state index < -0.39 is 0 Å². The first-order chi connectivity index (χ1) is 10.3. The van der Waals surface area contributed by atoms with E-state index in [2.05, 4.69) is 10.6 Å². The zero-order chi connectivity index (χ0) is 14.4. The molecule has 0 saturated heterocycles. The normalized spacial score (nSPS) is 14.5. The van der Waals surface area contributed by atoms with Crippen LogP contribution in [-0.2, 0) is 0 Å². The predicted molar refractivity (Wildman–Crippen MR) is 81.3 cm³/mol. The van der Waals surface area contributed by atoms with Gasteiger partial charge in [-0.3, -0.25) is 4.57 Å². The number of hydrogen-bond acceptors (Lipinski definition) is 3. The van der Waals surface area contributed by atoms with E-state index in [4.69, 9.17) is 9.72 Å². The fourth-order valence-electron chi connectivity index (χ4n) is 2.74. The maximum Gasteiger partial charge on any atom is 0.146 e. The smallest absolute Gasteiger partial charge is 0.146 e. The highest BCUT2D eigenvalue weighted by Crippen LogP contribution is 2.42. The second kappa shape index (κ2) is 4.52. The number of rotatable bonds is 3. The molecular formula is C17H16N2O2. The maximum absolute atomic E-state index is 9.50. The van der Waals surface area contributed by atoms with Crippen molar-refractivity contribution in [1.82, 2.24) is 9.55 Å². The third-order valence-electron chi connectivity index (χ3n) is 3.94. The van der Waals surface area contributed by atoms with Gasteiger partial charge >= 0.3 is 0 Å². The van der Waals surface area contributed by atoms with Crippen LogP contribution >= 0.6 is 0 Å². The lowest BCUT2D eigenvalue weighted by atomic mass is 10.2. The second-order valence-corrected chi connectivity index (χ2v) is 5.42. The monoisotopic (exact) mass is 280 g/mol. The van der Waals surface area contributed by atoms with E-state index in [0.717, 1.165) is 28.3 Å². The van der Waals surface area contributed by atoms with E-state index in [1.807, 2.05) is 24.3 Å². The summed E-state index contributed by atoms with van der Waals surface area (Å²) in [5.41, 5.74) is 2.96. The summed E-state index contributed by atoms with van der Waals surface area (Å²) < 4.78 is 7.61. The Labute approximate surface area is 122 Å². The van der Waals surface area contributed by atoms with Gasteiger partial charge in [-0.15, -0.1) is 0 Å². The molecule has 1 aromatic heterocycles. The van der Waals surface area contributed by atoms with Gasteiger partial charge < -0.3 is 9.84 Å². The fourth-order valence-corrected chi connectivity index (χ4v) is 2.74. The number of nitrogens with zero attached hydrogens (tertiary/aromatic N) is 2. The lowest BCUT2D eigenvalue weighted by Crippen LogP contribution is -1.99. The molecule has 1 heterocycles. The van der Waals surface area contributed by atoms with E-state index in [1.165, 1.54) is 12.8 Å². The number of ether oxygens (including phenoxy) is 1. The predicted octanol–water partition coefficient (Wildman–Crippen LogP) is 3.62. The third-order valence-corrected chi connectivity index (χ3v) is 3.94. The summed E-state index contributed by atoms with van der Waals surface area (Å²) >= 11 is 0. The van der Waals surface area contributed by atoms with Crippen LogP contribution in [0.5, 0.6) is 11.5 Å². The summed E-state index contributed by atoms with van der Waals surface area (Å²) in [6.45, 7) is 0. The molecule has 1 aliphatic carbocycles. The van der Waals surface area contributed by atoms with Crippen molar-refractivity contribution >= 4 is 11.0 Å². The van der Waals surface area contributed by atoms with E-state index in [1.54, 1.807) is 19.2 Å². The number of phenolic OH excluding ortho intramolecular Hbond substituents is 1. The SMILES string of the molecule is COc1cccc2c1nc(C1CC1)n2-c1ccc(O)cc1. The number of imidazole rings is 1. The van der Waals surface area contributed by atoms with Crippen molar-refractivity contribution in [2.24, 2.45) is 0 Å². The van der Waals surface area contributed by atoms with E-state index in [0.29, 0.717) is 5.92 Å². The van der Waals surface area contributed by atoms with Gasteiger partial charge in [0.1, 0.15) is 22.8 Å². The van der Waals surface area contributed by atoms with Crippen LogP contribution in [0.4, 0.5) is 0 Å². The summed E-state index contributed by atoms with van der Waals surface area (Å²) in [4.78, 5) is 4.82. The van der Waals surface area contributed by atoms with Crippen LogP contribution in [0.2, 0.25) is 0 Å². The average molecular weight is 280 g/mol. The number of para-hydroxylation sites is 1. The Morgan fingerprint density at radius 3 is 2.57 bits per heavy atom. The van der Waals surface area contributed by atoms with Crippen LogP contribution in [0.3, 0.4) is 0 Å². The van der Waals surface area contributed by atoms with Crippen LogP contribution in [0.1, 0.15) is 24.6 Å². The summed E-state index contributed by atoms with van der Waals surface area (Å²) in [5, 5.41) is 9.50. The molecule has 1 aliphatic rings. The van der Waals surface area contributed by atoms with Gasteiger partial charge in [-0.05, 0) is 49.2 Å². The van der Waals surface area contributed by atoms with E-state index in [-0.39, 0.29) is 5.75 Å². The van der Waals surface area contributed by atoms with Gasteiger partial charge in [-0.1, -0.05) is 6.07 Å². The highest BCUT2D eigenvalue weighted by Gasteiger charge is 2.30. The van der Waals surface area contributed by atoms with Gasteiger partial charge in [0.05, 0.1) is 12.6 Å². The summed E-state index contributed by atoms with van der Waals surface area (Å²) in [6.07, 6.45) is 2.37. The molecule has 1 fully saturated rings. The van der Waals surface area contributed by atoms with Crippen molar-refractivity contribution in [1.29, 1.82) is 0 Å². The summed E-state index contributed by atoms with van der Waals surface area (Å²) in [6, 6.07) is 13.2. The molecule has 0 amide bonds. The molecule has 0 atom stereocenters. The average Bonchev–Trinajstić information content (AvgIpc) is 3.28. The van der Waals surface area contributed by atoms with E-state index >= 15 is 0 Å². The van der Waals surface area contributed by atoms with Crippen LogP contribution < -0.4 is 4.74 Å². The largest absolute Gasteiger partial charge is 0.508 e. The minimum atomic E-state index is 0.272. The lowest BCUT2D eigenvalue weighted by Gasteiger charge is -2.09. The Morgan fingerprint density at radius 2 is 1.90 bits per heavy atom. The third kappa shape index (κ3) is 1.95. The molecule has 21 heavy (non-hydrogen) atoms. The van der Waals surface area contributed by atoms with Crippen molar-refractivity contribution in [3.63, 3.8) is 0 Å². The number of benzene rings is 2. The number of aromatic nitrogens is 2. The van der Waals surface area contributed by atoms with Crippen LogP contribution in [0, 0.1) is 0 Å². The first-order valence-corrected chi connectivity index (χ1v) is 7.12. The van der Waals surface area contributed by atoms with Gasteiger partial charge in [0.2, 0.25) is 0 Å². The number of phenols is 1. The Morgan fingerprint density at radius 1 is 1.14 bits per heavy atom. The van der Waals surface area contributed by atoms with Crippen LogP contribution in [0.25, 0.3) is 16.7 Å². The molecule has 1 saturated carbocycles. The quantitative estimate of drug-likeness (QED) is 0.797. The van der Waals surface area contributed by atoms with Crippen LogP contribution in [0.15, 0.2) is 42.5 Å². The van der Waals surface area contributed by atoms with Crippen molar-refractivity contribution < 1.29 is 9.84 Å². The second-order valence-electron chi connectivity index (χ2n) is 5.42. The number of hydrogen-bond donors (Lipinski definition) is 1. The molecule has 4 nitrogen and oxygen atoms in total. The highest BCUT2D eigenvalue weighted by atomic mass is 16.5. The standard InChI is InChI=1S/C17H16N2O2/c1-21-15-4-2-3-14-16(15)18-17(11-5-6-11)19(14)12-7-9-13(20)10-8-12/h2-4,7-11,20H,5-6H2,1H3. The molecular weight excluding hydrogens is 264 g/mol. The zero-order valence-corrected chi connectivity index (χ0v) is 11.8. The minimum absolute atomic E-state index is 0.272. The number of aromatic hydroxyl groups is 1. The first-order valence-electron chi connectivity index (χ1n) is 7.12. The minimum Gasteiger partial charge on any atom is -0.508 e. The summed E-state index contributed by atoms with van der Waals surface area (Å²) in [7, 11) is 1.67. The first kappa shape index (κ1) is 12.3. The highest BCUT2D eigenvalue weighted by molar-refractivity contribution is 5.84. The van der Waals surface area contributed by atoms with Crippen molar-refractivity contribution in [2.75, 3.05) is 7.11 Å². The van der Waals surface area contributed by atoms with Crippen molar-refractivity contribution in [3.8, 4) is 17.2 Å². The molecule has 2 aromatic carbocycles. The van der Waals surface area contributed by atoms with Crippen molar-refractivity contribution in [2.45, 2.75) is 18.8 Å². The molecule has 4 heteroatoms. The molecule has 4 rings (SSSR count). The van der Waals surface area contributed by atoms with Crippen LogP contribution in [-0.4, -0.2) is 21.8 Å². The molecule has 0 spiro atoms. The van der Waals surface area contributed by atoms with Gasteiger partial charge in [-0.2, -0.15) is 0 Å². The zero-order valence-electron chi connectivity index (χ0n) is 11.8. The van der Waals surface area contributed by atoms with E-state index in [9.17, 15) is 5.11 Å². The van der Waals surface area contributed by atoms with Gasteiger partial charge in [0.15, 0.2) is 0 Å². The molecule has 0 bridgehead atoms. The molecule has 3 aromatic rings. The van der Waals surface area contributed by atoms with Gasteiger partial charge in [0.25, 0.3) is 0 Å². The number of methoxy groups -OCH3 is 1. The molecule has 106 valence electrons. The Hall–Kier alpha value is -2.49. The lowest BCUT2D eigenvalue weighted by molar-refractivity contribution is 0.419. The molecule has 0 unspecified atom stereocenters. The summed E-state index contributed by atoms with van der Waals surface area (Å²) in [5.74, 6) is 2.68. The Balaban J connectivity index is 2.01. The molecule has 0 aliphatic heterocycles. The van der Waals surface area contributed by atoms with Crippen molar-refractivity contribution in [3.05, 3.63) is 48.3 Å². The Bertz CT molecular complexity index is 802. The molecule has 0 radical (unpaired) electrons. The fraction of sp³-hybridized carbons (Fsp3) is 0.235. The Kier molecular flexibility index (Phi) is 2.64. The topological polar surface area (TPSA) is 47.3 Å². The number of fused-ring (bicyclic) bond motifs is 1.